The highest BCUT2D eigenvalue weighted by atomic mass is 32.2. The number of rotatable bonds is 3. The molecule has 0 spiro atoms. The molecular formula is C14H20N2OS. The number of amides is 1. The van der Waals surface area contributed by atoms with E-state index in [1.165, 1.54) is 4.90 Å². The van der Waals surface area contributed by atoms with E-state index in [1.807, 2.05) is 24.0 Å². The first-order valence-electron chi connectivity index (χ1n) is 6.31. The molecule has 0 saturated carbocycles. The summed E-state index contributed by atoms with van der Waals surface area (Å²) in [4.78, 5) is 15.1. The summed E-state index contributed by atoms with van der Waals surface area (Å²) in [5, 5.41) is 0. The van der Waals surface area contributed by atoms with Crippen molar-refractivity contribution in [3.8, 4) is 0 Å². The molecule has 1 heterocycles. The zero-order chi connectivity index (χ0) is 13.3. The van der Waals surface area contributed by atoms with Gasteiger partial charge in [0.1, 0.15) is 0 Å². The fraction of sp³-hybridized carbons (Fsp3) is 0.500. The van der Waals surface area contributed by atoms with Crippen molar-refractivity contribution in [1.82, 2.24) is 0 Å². The average Bonchev–Trinajstić information content (AvgIpc) is 2.31. The molecule has 2 N–H and O–H groups in total. The van der Waals surface area contributed by atoms with Crippen molar-refractivity contribution in [3.05, 3.63) is 23.8 Å². The van der Waals surface area contributed by atoms with Crippen molar-refractivity contribution in [3.63, 3.8) is 0 Å². The van der Waals surface area contributed by atoms with Crippen molar-refractivity contribution in [2.45, 2.75) is 31.7 Å². The van der Waals surface area contributed by atoms with Crippen LogP contribution in [0.15, 0.2) is 23.1 Å². The summed E-state index contributed by atoms with van der Waals surface area (Å²) in [5.41, 5.74) is 8.06. The molecule has 18 heavy (non-hydrogen) atoms. The maximum Gasteiger partial charge on any atom is 0.237 e. The Morgan fingerprint density at radius 3 is 2.72 bits per heavy atom. The van der Waals surface area contributed by atoms with Crippen LogP contribution in [0.5, 0.6) is 0 Å². The van der Waals surface area contributed by atoms with E-state index in [0.717, 1.165) is 17.8 Å². The summed E-state index contributed by atoms with van der Waals surface area (Å²) >= 11 is 1.61. The molecule has 0 aromatic heterocycles. The molecule has 4 heteroatoms. The van der Waals surface area contributed by atoms with E-state index >= 15 is 0 Å². The van der Waals surface area contributed by atoms with Gasteiger partial charge in [0.15, 0.2) is 0 Å². The summed E-state index contributed by atoms with van der Waals surface area (Å²) in [6, 6.07) is 6.20. The Bertz CT molecular complexity index is 457. The van der Waals surface area contributed by atoms with Crippen LogP contribution in [-0.4, -0.2) is 18.2 Å². The quantitative estimate of drug-likeness (QED) is 0.913. The molecule has 98 valence electrons. The van der Waals surface area contributed by atoms with E-state index in [9.17, 15) is 4.79 Å². The number of hydrogen-bond acceptors (Lipinski definition) is 3. The predicted molar refractivity (Wildman–Crippen MR) is 77.0 cm³/mol. The summed E-state index contributed by atoms with van der Waals surface area (Å²) in [7, 11) is 0. The van der Waals surface area contributed by atoms with Crippen LogP contribution in [0, 0.1) is 5.92 Å². The first kappa shape index (κ1) is 13.4. The van der Waals surface area contributed by atoms with E-state index < -0.39 is 0 Å². The fourth-order valence-corrected chi connectivity index (χ4v) is 3.05. The van der Waals surface area contributed by atoms with Gasteiger partial charge in [-0.3, -0.25) is 4.79 Å². The molecule has 0 saturated heterocycles. The first-order valence-corrected chi connectivity index (χ1v) is 7.30. The third-order valence-corrected chi connectivity index (χ3v) is 4.03. The number of carbonyl (C=O) groups excluding carboxylic acids is 1. The molecule has 1 amide bonds. The number of hydrogen-bond donors (Lipinski definition) is 1. The van der Waals surface area contributed by atoms with Gasteiger partial charge >= 0.3 is 0 Å². The van der Waals surface area contributed by atoms with Crippen molar-refractivity contribution < 1.29 is 4.79 Å². The minimum absolute atomic E-state index is 0.0343. The highest BCUT2D eigenvalue weighted by Crippen LogP contribution is 2.37. The van der Waals surface area contributed by atoms with Crippen molar-refractivity contribution in [2.24, 2.45) is 11.7 Å². The SMILES string of the molecule is CC(C)CN1C(=O)CSc2cc(C(C)N)ccc21. The Morgan fingerprint density at radius 2 is 2.11 bits per heavy atom. The van der Waals surface area contributed by atoms with Gasteiger partial charge in [-0.25, -0.2) is 0 Å². The molecule has 1 unspecified atom stereocenters. The second kappa shape index (κ2) is 5.33. The fourth-order valence-electron chi connectivity index (χ4n) is 2.07. The number of carbonyl (C=O) groups is 1. The molecule has 0 radical (unpaired) electrons. The first-order chi connectivity index (χ1) is 8.49. The number of nitrogens with two attached hydrogens (primary N) is 1. The van der Waals surface area contributed by atoms with Gasteiger partial charge in [0.05, 0.1) is 11.4 Å². The van der Waals surface area contributed by atoms with Crippen LogP contribution in [0.25, 0.3) is 0 Å². The van der Waals surface area contributed by atoms with Gasteiger partial charge in [-0.05, 0) is 30.5 Å². The van der Waals surface area contributed by atoms with E-state index in [1.54, 1.807) is 11.8 Å². The molecule has 1 aliphatic heterocycles. The Morgan fingerprint density at radius 1 is 1.39 bits per heavy atom. The van der Waals surface area contributed by atoms with Crippen LogP contribution in [0.1, 0.15) is 32.4 Å². The third-order valence-electron chi connectivity index (χ3n) is 3.00. The lowest BCUT2D eigenvalue weighted by Gasteiger charge is -2.30. The maximum absolute atomic E-state index is 12.0. The summed E-state index contributed by atoms with van der Waals surface area (Å²) in [6.07, 6.45) is 0. The van der Waals surface area contributed by atoms with Crippen LogP contribution < -0.4 is 10.6 Å². The molecule has 1 atom stereocenters. The molecule has 1 aromatic rings. The molecule has 2 rings (SSSR count). The standard InChI is InChI=1S/C14H20N2OS/c1-9(2)7-16-12-5-4-11(10(3)15)6-13(12)18-8-14(16)17/h4-6,9-10H,7-8,15H2,1-3H3. The Hall–Kier alpha value is -1.00. The average molecular weight is 264 g/mol. The highest BCUT2D eigenvalue weighted by molar-refractivity contribution is 8.00. The Labute approximate surface area is 113 Å². The van der Waals surface area contributed by atoms with Crippen LogP contribution in [0.3, 0.4) is 0 Å². The van der Waals surface area contributed by atoms with Gasteiger partial charge in [-0.15, -0.1) is 11.8 Å². The third kappa shape index (κ3) is 2.70. The summed E-state index contributed by atoms with van der Waals surface area (Å²) in [5.74, 6) is 1.20. The number of benzene rings is 1. The number of anilines is 1. The van der Waals surface area contributed by atoms with Gasteiger partial charge < -0.3 is 10.6 Å². The summed E-state index contributed by atoms with van der Waals surface area (Å²) in [6.45, 7) is 7.02. The molecule has 0 fully saturated rings. The lowest BCUT2D eigenvalue weighted by Crippen LogP contribution is -2.38. The maximum atomic E-state index is 12.0. The topological polar surface area (TPSA) is 46.3 Å². The number of thioether (sulfide) groups is 1. The minimum Gasteiger partial charge on any atom is -0.324 e. The highest BCUT2D eigenvalue weighted by Gasteiger charge is 2.25. The largest absolute Gasteiger partial charge is 0.324 e. The van der Waals surface area contributed by atoms with Gasteiger partial charge in [0.25, 0.3) is 0 Å². The lowest BCUT2D eigenvalue weighted by atomic mass is 10.1. The minimum atomic E-state index is 0.0343. The monoisotopic (exact) mass is 264 g/mol. The predicted octanol–water partition coefficient (Wildman–Crippen LogP) is 2.80. The zero-order valence-electron chi connectivity index (χ0n) is 11.1. The van der Waals surface area contributed by atoms with E-state index in [-0.39, 0.29) is 11.9 Å². The molecular weight excluding hydrogens is 244 g/mol. The van der Waals surface area contributed by atoms with Gasteiger partial charge in [0, 0.05) is 17.5 Å². The molecule has 0 aliphatic carbocycles. The lowest BCUT2D eigenvalue weighted by molar-refractivity contribution is -0.116. The Kier molecular flexibility index (Phi) is 3.97. The van der Waals surface area contributed by atoms with Crippen LogP contribution in [0.2, 0.25) is 0 Å². The van der Waals surface area contributed by atoms with E-state index in [4.69, 9.17) is 5.73 Å². The van der Waals surface area contributed by atoms with E-state index in [0.29, 0.717) is 11.7 Å². The van der Waals surface area contributed by atoms with Crippen molar-refractivity contribution in [1.29, 1.82) is 0 Å². The number of fused-ring (bicyclic) bond motifs is 1. The normalized spacial score (nSPS) is 16.9. The van der Waals surface area contributed by atoms with Gasteiger partial charge in [0.2, 0.25) is 5.91 Å². The summed E-state index contributed by atoms with van der Waals surface area (Å²) < 4.78 is 0. The Balaban J connectivity index is 2.35. The smallest absolute Gasteiger partial charge is 0.237 e. The number of nitrogens with zero attached hydrogens (tertiary/aromatic N) is 1. The van der Waals surface area contributed by atoms with E-state index in [2.05, 4.69) is 19.9 Å². The van der Waals surface area contributed by atoms with Crippen LogP contribution >= 0.6 is 11.8 Å². The van der Waals surface area contributed by atoms with Crippen LogP contribution in [-0.2, 0) is 4.79 Å². The zero-order valence-corrected chi connectivity index (χ0v) is 12.0. The van der Waals surface area contributed by atoms with Crippen molar-refractivity contribution in [2.75, 3.05) is 17.2 Å². The van der Waals surface area contributed by atoms with Gasteiger partial charge in [-0.1, -0.05) is 19.9 Å². The van der Waals surface area contributed by atoms with Gasteiger partial charge in [-0.2, -0.15) is 0 Å². The molecule has 1 aliphatic rings. The molecule has 0 bridgehead atoms. The molecule has 1 aromatic carbocycles. The van der Waals surface area contributed by atoms with Crippen LogP contribution in [0.4, 0.5) is 5.69 Å². The van der Waals surface area contributed by atoms with Crippen molar-refractivity contribution >= 4 is 23.4 Å². The second-order valence-corrected chi connectivity index (χ2v) is 6.22. The molecule has 3 nitrogen and oxygen atoms in total. The second-order valence-electron chi connectivity index (χ2n) is 5.20.